The third-order valence-corrected chi connectivity index (χ3v) is 3.69. The quantitative estimate of drug-likeness (QED) is 0.844. The summed E-state index contributed by atoms with van der Waals surface area (Å²) in [6, 6.07) is 3.69. The standard InChI is InChI=1S/C16H25N3O2/c1-4-7-17-14-10-12(9-13(5-2)18-14)15(20)19-16(3)6-8-21-11-16/h9-10H,4-8,11H2,1-3H3,(H,17,18)(H,19,20). The van der Waals surface area contributed by atoms with Crippen LogP contribution >= 0.6 is 0 Å². The number of carbonyl (C=O) groups is 1. The maximum Gasteiger partial charge on any atom is 0.251 e. The number of aryl methyl sites for hydroxylation is 1. The molecule has 0 spiro atoms. The number of ether oxygens (including phenoxy) is 1. The van der Waals surface area contributed by atoms with E-state index in [0.717, 1.165) is 37.3 Å². The van der Waals surface area contributed by atoms with Crippen LogP contribution in [0.25, 0.3) is 0 Å². The number of hydrogen-bond donors (Lipinski definition) is 2. The Bertz CT molecular complexity index is 496. The van der Waals surface area contributed by atoms with E-state index < -0.39 is 0 Å². The fraction of sp³-hybridized carbons (Fsp3) is 0.625. The Labute approximate surface area is 126 Å². The Morgan fingerprint density at radius 3 is 2.86 bits per heavy atom. The molecule has 1 atom stereocenters. The van der Waals surface area contributed by atoms with Crippen molar-refractivity contribution in [2.75, 3.05) is 25.1 Å². The zero-order chi connectivity index (χ0) is 15.3. The molecule has 1 fully saturated rings. The molecule has 21 heavy (non-hydrogen) atoms. The van der Waals surface area contributed by atoms with Gasteiger partial charge in [-0.15, -0.1) is 0 Å². The first-order valence-corrected chi connectivity index (χ1v) is 7.71. The highest BCUT2D eigenvalue weighted by molar-refractivity contribution is 5.95. The fourth-order valence-corrected chi connectivity index (χ4v) is 2.36. The molecule has 0 aliphatic carbocycles. The lowest BCUT2D eigenvalue weighted by atomic mass is 10.0. The minimum atomic E-state index is -0.260. The van der Waals surface area contributed by atoms with Gasteiger partial charge in [-0.2, -0.15) is 0 Å². The van der Waals surface area contributed by atoms with E-state index in [1.165, 1.54) is 0 Å². The number of nitrogens with one attached hydrogen (secondary N) is 2. The summed E-state index contributed by atoms with van der Waals surface area (Å²) < 4.78 is 5.38. The van der Waals surface area contributed by atoms with E-state index in [-0.39, 0.29) is 11.4 Å². The van der Waals surface area contributed by atoms with E-state index in [4.69, 9.17) is 4.74 Å². The zero-order valence-corrected chi connectivity index (χ0v) is 13.2. The molecule has 1 amide bonds. The normalized spacial score (nSPS) is 21.3. The van der Waals surface area contributed by atoms with Crippen molar-refractivity contribution in [3.63, 3.8) is 0 Å². The Morgan fingerprint density at radius 2 is 2.24 bits per heavy atom. The van der Waals surface area contributed by atoms with Gasteiger partial charge in [-0.25, -0.2) is 4.98 Å². The van der Waals surface area contributed by atoms with Gasteiger partial charge < -0.3 is 15.4 Å². The van der Waals surface area contributed by atoms with Gasteiger partial charge in [0.15, 0.2) is 0 Å². The first-order valence-electron chi connectivity index (χ1n) is 7.71. The molecule has 2 heterocycles. The second kappa shape index (κ2) is 6.89. The van der Waals surface area contributed by atoms with Crippen LogP contribution in [0.15, 0.2) is 12.1 Å². The summed E-state index contributed by atoms with van der Waals surface area (Å²) in [5.41, 5.74) is 1.33. The van der Waals surface area contributed by atoms with Crippen LogP contribution in [-0.2, 0) is 11.2 Å². The van der Waals surface area contributed by atoms with E-state index in [1.807, 2.05) is 26.0 Å². The number of anilines is 1. The van der Waals surface area contributed by atoms with Crippen LogP contribution in [0.3, 0.4) is 0 Å². The van der Waals surface area contributed by atoms with Crippen molar-refractivity contribution in [3.8, 4) is 0 Å². The summed E-state index contributed by atoms with van der Waals surface area (Å²) in [7, 11) is 0. The molecular weight excluding hydrogens is 266 g/mol. The van der Waals surface area contributed by atoms with E-state index >= 15 is 0 Å². The highest BCUT2D eigenvalue weighted by Crippen LogP contribution is 2.19. The molecular formula is C16H25N3O2. The van der Waals surface area contributed by atoms with Gasteiger partial charge in [0.1, 0.15) is 5.82 Å². The number of pyridine rings is 1. The van der Waals surface area contributed by atoms with Crippen molar-refractivity contribution in [1.29, 1.82) is 0 Å². The van der Waals surface area contributed by atoms with Gasteiger partial charge in [-0.05, 0) is 38.3 Å². The van der Waals surface area contributed by atoms with Crippen molar-refractivity contribution in [2.45, 2.75) is 45.6 Å². The van der Waals surface area contributed by atoms with Gasteiger partial charge in [-0.3, -0.25) is 4.79 Å². The van der Waals surface area contributed by atoms with Gasteiger partial charge in [0.2, 0.25) is 0 Å². The Balaban J connectivity index is 2.15. The molecule has 2 N–H and O–H groups in total. The van der Waals surface area contributed by atoms with Crippen molar-refractivity contribution in [3.05, 3.63) is 23.4 Å². The van der Waals surface area contributed by atoms with Gasteiger partial charge in [0.05, 0.1) is 12.1 Å². The van der Waals surface area contributed by atoms with E-state index in [1.54, 1.807) is 0 Å². The predicted octanol–water partition coefficient (Wildman–Crippen LogP) is 2.37. The first kappa shape index (κ1) is 15.8. The molecule has 1 aliphatic rings. The molecule has 0 radical (unpaired) electrons. The summed E-state index contributed by atoms with van der Waals surface area (Å²) in [5, 5.41) is 6.34. The summed E-state index contributed by atoms with van der Waals surface area (Å²) in [4.78, 5) is 17.0. The third kappa shape index (κ3) is 4.17. The zero-order valence-electron chi connectivity index (χ0n) is 13.2. The molecule has 1 saturated heterocycles. The van der Waals surface area contributed by atoms with Gasteiger partial charge in [0, 0.05) is 24.4 Å². The summed E-state index contributed by atoms with van der Waals surface area (Å²) >= 11 is 0. The minimum Gasteiger partial charge on any atom is -0.379 e. The second-order valence-corrected chi connectivity index (χ2v) is 5.83. The summed E-state index contributed by atoms with van der Waals surface area (Å²) in [5.74, 6) is 0.717. The van der Waals surface area contributed by atoms with Crippen LogP contribution < -0.4 is 10.6 Å². The number of aromatic nitrogens is 1. The lowest BCUT2D eigenvalue weighted by molar-refractivity contribution is 0.0889. The second-order valence-electron chi connectivity index (χ2n) is 5.83. The average molecular weight is 291 g/mol. The molecule has 1 aromatic rings. The molecule has 1 unspecified atom stereocenters. The molecule has 1 aromatic heterocycles. The third-order valence-electron chi connectivity index (χ3n) is 3.69. The molecule has 5 heteroatoms. The Morgan fingerprint density at radius 1 is 1.43 bits per heavy atom. The smallest absolute Gasteiger partial charge is 0.251 e. The fourth-order valence-electron chi connectivity index (χ4n) is 2.36. The highest BCUT2D eigenvalue weighted by Gasteiger charge is 2.31. The highest BCUT2D eigenvalue weighted by atomic mass is 16.5. The lowest BCUT2D eigenvalue weighted by Gasteiger charge is -2.23. The summed E-state index contributed by atoms with van der Waals surface area (Å²) in [6.45, 7) is 8.30. The van der Waals surface area contributed by atoms with Gasteiger partial charge in [0.25, 0.3) is 5.91 Å². The van der Waals surface area contributed by atoms with Crippen LogP contribution in [0.5, 0.6) is 0 Å². The maximum atomic E-state index is 12.5. The van der Waals surface area contributed by atoms with Crippen LogP contribution in [0.1, 0.15) is 49.7 Å². The number of hydrogen-bond acceptors (Lipinski definition) is 4. The molecule has 116 valence electrons. The van der Waals surface area contributed by atoms with Gasteiger partial charge in [-0.1, -0.05) is 13.8 Å². The minimum absolute atomic E-state index is 0.0559. The van der Waals surface area contributed by atoms with Crippen LogP contribution in [-0.4, -0.2) is 36.2 Å². The topological polar surface area (TPSA) is 63.2 Å². The molecule has 5 nitrogen and oxygen atoms in total. The molecule has 0 saturated carbocycles. The molecule has 1 aliphatic heterocycles. The SMILES string of the molecule is CCCNc1cc(C(=O)NC2(C)CCOC2)cc(CC)n1. The van der Waals surface area contributed by atoms with Crippen molar-refractivity contribution >= 4 is 11.7 Å². The Kier molecular flexibility index (Phi) is 5.17. The molecule has 0 aromatic carbocycles. The average Bonchev–Trinajstić information content (AvgIpc) is 2.91. The lowest BCUT2D eigenvalue weighted by Crippen LogP contribution is -2.46. The Hall–Kier alpha value is -1.62. The maximum absolute atomic E-state index is 12.5. The van der Waals surface area contributed by atoms with Crippen molar-refractivity contribution < 1.29 is 9.53 Å². The molecule has 0 bridgehead atoms. The van der Waals surface area contributed by atoms with Crippen molar-refractivity contribution in [2.24, 2.45) is 0 Å². The first-order chi connectivity index (χ1) is 10.1. The van der Waals surface area contributed by atoms with E-state index in [2.05, 4.69) is 22.5 Å². The predicted molar refractivity (Wildman–Crippen MR) is 83.7 cm³/mol. The summed E-state index contributed by atoms with van der Waals surface area (Å²) in [6.07, 6.45) is 2.68. The number of rotatable bonds is 6. The largest absolute Gasteiger partial charge is 0.379 e. The monoisotopic (exact) mass is 291 g/mol. The van der Waals surface area contributed by atoms with Crippen LogP contribution in [0, 0.1) is 0 Å². The van der Waals surface area contributed by atoms with Crippen molar-refractivity contribution in [1.82, 2.24) is 10.3 Å². The van der Waals surface area contributed by atoms with Crippen LogP contribution in [0.4, 0.5) is 5.82 Å². The number of carbonyl (C=O) groups excluding carboxylic acids is 1. The molecule has 2 rings (SSSR count). The van der Waals surface area contributed by atoms with Crippen LogP contribution in [0.2, 0.25) is 0 Å². The number of amides is 1. The van der Waals surface area contributed by atoms with Gasteiger partial charge >= 0.3 is 0 Å². The number of nitrogens with zero attached hydrogens (tertiary/aromatic N) is 1. The van der Waals surface area contributed by atoms with E-state index in [9.17, 15) is 4.79 Å². The van der Waals surface area contributed by atoms with E-state index in [0.29, 0.717) is 18.8 Å².